The quantitative estimate of drug-likeness (QED) is 0.575. The van der Waals surface area contributed by atoms with Gasteiger partial charge in [0.1, 0.15) is 0 Å². The van der Waals surface area contributed by atoms with E-state index in [9.17, 15) is 4.79 Å². The van der Waals surface area contributed by atoms with E-state index in [0.717, 1.165) is 25.8 Å². The van der Waals surface area contributed by atoms with Crippen molar-refractivity contribution in [2.45, 2.75) is 51.6 Å². The molecule has 0 aliphatic carbocycles. The van der Waals surface area contributed by atoms with E-state index < -0.39 is 0 Å². The number of allylic oxidation sites excluding steroid dienone is 1. The van der Waals surface area contributed by atoms with Crippen molar-refractivity contribution < 1.29 is 9.53 Å². The van der Waals surface area contributed by atoms with Crippen molar-refractivity contribution >= 4 is 5.91 Å². The maximum atomic E-state index is 13.3. The molecule has 0 spiro atoms. The average Bonchev–Trinajstić information content (AvgIpc) is 3.16. The Bertz CT molecular complexity index is 639. The number of carbonyl (C=O) groups excluding carboxylic acids is 1. The van der Waals surface area contributed by atoms with Gasteiger partial charge in [-0.3, -0.25) is 9.69 Å². The topological polar surface area (TPSA) is 41.6 Å². The van der Waals surface area contributed by atoms with Crippen LogP contribution in [-0.4, -0.2) is 49.7 Å². The monoisotopic (exact) mass is 356 g/mol. The number of fused-ring (bicyclic) bond motifs is 2. The molecule has 2 aliphatic rings. The summed E-state index contributed by atoms with van der Waals surface area (Å²) >= 11 is 0. The van der Waals surface area contributed by atoms with Crippen LogP contribution in [0.2, 0.25) is 0 Å². The number of nitrogens with one attached hydrogen (secondary N) is 1. The van der Waals surface area contributed by atoms with Crippen LogP contribution >= 0.6 is 0 Å². The Balaban J connectivity index is 1.84. The first kappa shape index (κ1) is 19.1. The summed E-state index contributed by atoms with van der Waals surface area (Å²) < 4.78 is 5.12. The van der Waals surface area contributed by atoms with E-state index in [1.165, 1.54) is 17.6 Å². The van der Waals surface area contributed by atoms with Crippen LogP contribution in [0.1, 0.15) is 38.7 Å². The van der Waals surface area contributed by atoms with Crippen LogP contribution in [0.3, 0.4) is 0 Å². The van der Waals surface area contributed by atoms with Crippen molar-refractivity contribution in [1.29, 1.82) is 0 Å². The normalized spacial score (nSPS) is 27.5. The van der Waals surface area contributed by atoms with Gasteiger partial charge in [-0.2, -0.15) is 0 Å². The van der Waals surface area contributed by atoms with Crippen LogP contribution in [0.4, 0.5) is 0 Å². The summed E-state index contributed by atoms with van der Waals surface area (Å²) in [6.45, 7) is 6.39. The lowest BCUT2D eigenvalue weighted by Crippen LogP contribution is -2.51. The van der Waals surface area contributed by atoms with Gasteiger partial charge in [-0.15, -0.1) is 0 Å². The van der Waals surface area contributed by atoms with E-state index in [1.807, 2.05) is 6.07 Å². The molecule has 0 aromatic heterocycles. The molecule has 142 valence electrons. The SMILES string of the molecule is COCCNC(=O)[C@]1(Cc2ccccc2)C[C@@H]2CC[C@H]1N2CC=C(C)C. The number of hydrogen-bond donors (Lipinski definition) is 1. The van der Waals surface area contributed by atoms with E-state index in [1.54, 1.807) is 7.11 Å². The summed E-state index contributed by atoms with van der Waals surface area (Å²) in [5.41, 5.74) is 2.27. The largest absolute Gasteiger partial charge is 0.383 e. The first-order valence-electron chi connectivity index (χ1n) is 9.77. The summed E-state index contributed by atoms with van der Waals surface area (Å²) in [6.07, 6.45) is 6.41. The van der Waals surface area contributed by atoms with Crippen LogP contribution in [0.5, 0.6) is 0 Å². The molecule has 4 heteroatoms. The molecule has 3 atom stereocenters. The third kappa shape index (κ3) is 3.86. The van der Waals surface area contributed by atoms with Gasteiger partial charge in [-0.25, -0.2) is 0 Å². The Kier molecular flexibility index (Phi) is 6.15. The Labute approximate surface area is 157 Å². The molecule has 26 heavy (non-hydrogen) atoms. The van der Waals surface area contributed by atoms with Gasteiger partial charge < -0.3 is 10.1 Å². The van der Waals surface area contributed by atoms with Crippen molar-refractivity contribution in [3.63, 3.8) is 0 Å². The molecule has 1 aromatic rings. The van der Waals surface area contributed by atoms with Gasteiger partial charge in [-0.05, 0) is 45.1 Å². The fourth-order valence-electron chi connectivity index (χ4n) is 4.79. The van der Waals surface area contributed by atoms with E-state index in [2.05, 4.69) is 54.4 Å². The molecule has 0 saturated carbocycles. The third-order valence-electron chi connectivity index (χ3n) is 6.00. The molecule has 3 rings (SSSR count). The molecule has 2 heterocycles. The standard InChI is InChI=1S/C22H32N2O2/c1-17(2)11-13-24-19-9-10-20(24)22(16-19,21(25)23-12-14-26-3)15-18-7-5-4-6-8-18/h4-8,11,19-20H,9-10,12-16H2,1-3H3,(H,23,25)/t19-,20+,22+/m0/s1. The highest BCUT2D eigenvalue weighted by Gasteiger charge is 2.59. The number of benzene rings is 1. The Hall–Kier alpha value is -1.65. The Morgan fingerprint density at radius 1 is 1.31 bits per heavy atom. The minimum absolute atomic E-state index is 0.202. The lowest BCUT2D eigenvalue weighted by Gasteiger charge is -2.36. The Morgan fingerprint density at radius 3 is 2.77 bits per heavy atom. The second kappa shape index (κ2) is 8.36. The molecular formula is C22H32N2O2. The predicted molar refractivity (Wildman–Crippen MR) is 105 cm³/mol. The van der Waals surface area contributed by atoms with Crippen LogP contribution < -0.4 is 5.32 Å². The van der Waals surface area contributed by atoms with Crippen LogP contribution in [0, 0.1) is 5.41 Å². The van der Waals surface area contributed by atoms with Crippen molar-refractivity contribution in [2.24, 2.45) is 5.41 Å². The van der Waals surface area contributed by atoms with Crippen molar-refractivity contribution in [2.75, 3.05) is 26.8 Å². The van der Waals surface area contributed by atoms with Crippen LogP contribution in [0.25, 0.3) is 0 Å². The molecule has 0 radical (unpaired) electrons. The molecule has 1 amide bonds. The molecule has 2 bridgehead atoms. The summed E-state index contributed by atoms with van der Waals surface area (Å²) in [5.74, 6) is 0.202. The fourth-order valence-corrected chi connectivity index (χ4v) is 4.79. The summed E-state index contributed by atoms with van der Waals surface area (Å²) in [5, 5.41) is 3.15. The first-order valence-corrected chi connectivity index (χ1v) is 9.77. The minimum Gasteiger partial charge on any atom is -0.383 e. The molecule has 2 aliphatic heterocycles. The predicted octanol–water partition coefficient (Wildman–Crippen LogP) is 3.18. The second-order valence-corrected chi connectivity index (χ2v) is 8.00. The van der Waals surface area contributed by atoms with Crippen LogP contribution in [-0.2, 0) is 16.0 Å². The number of hydrogen-bond acceptors (Lipinski definition) is 3. The molecule has 0 unspecified atom stereocenters. The van der Waals surface area contributed by atoms with Crippen molar-refractivity contribution in [3.05, 3.63) is 47.5 Å². The lowest BCUT2D eigenvalue weighted by atomic mass is 9.69. The van der Waals surface area contributed by atoms with E-state index >= 15 is 0 Å². The lowest BCUT2D eigenvalue weighted by molar-refractivity contribution is -0.133. The maximum Gasteiger partial charge on any atom is 0.228 e. The number of ether oxygens (including phenoxy) is 1. The highest BCUT2D eigenvalue weighted by atomic mass is 16.5. The average molecular weight is 357 g/mol. The third-order valence-corrected chi connectivity index (χ3v) is 6.00. The molecule has 2 saturated heterocycles. The van der Waals surface area contributed by atoms with Gasteiger partial charge in [-0.1, -0.05) is 42.0 Å². The second-order valence-electron chi connectivity index (χ2n) is 8.00. The smallest absolute Gasteiger partial charge is 0.228 e. The molecule has 4 nitrogen and oxygen atoms in total. The zero-order valence-corrected chi connectivity index (χ0v) is 16.3. The molecule has 1 aromatic carbocycles. The molecule has 1 N–H and O–H groups in total. The zero-order valence-electron chi connectivity index (χ0n) is 16.3. The number of rotatable bonds is 8. The maximum absolute atomic E-state index is 13.3. The van der Waals surface area contributed by atoms with Crippen LogP contribution in [0.15, 0.2) is 42.0 Å². The summed E-state index contributed by atoms with van der Waals surface area (Å²) in [4.78, 5) is 15.9. The Morgan fingerprint density at radius 2 is 2.08 bits per heavy atom. The highest BCUT2D eigenvalue weighted by molar-refractivity contribution is 5.84. The van der Waals surface area contributed by atoms with Gasteiger partial charge >= 0.3 is 0 Å². The highest BCUT2D eigenvalue weighted by Crippen LogP contribution is 2.51. The van der Waals surface area contributed by atoms with Crippen molar-refractivity contribution in [1.82, 2.24) is 10.2 Å². The molecular weight excluding hydrogens is 324 g/mol. The van der Waals surface area contributed by atoms with E-state index in [-0.39, 0.29) is 11.3 Å². The minimum atomic E-state index is -0.326. The van der Waals surface area contributed by atoms with Gasteiger partial charge in [0.2, 0.25) is 5.91 Å². The number of methoxy groups -OCH3 is 1. The van der Waals surface area contributed by atoms with E-state index in [0.29, 0.717) is 25.2 Å². The van der Waals surface area contributed by atoms with Gasteiger partial charge in [0, 0.05) is 32.3 Å². The van der Waals surface area contributed by atoms with Crippen molar-refractivity contribution in [3.8, 4) is 0 Å². The fraction of sp³-hybridized carbons (Fsp3) is 0.591. The summed E-state index contributed by atoms with van der Waals surface area (Å²) in [7, 11) is 1.67. The van der Waals surface area contributed by atoms with E-state index in [4.69, 9.17) is 4.74 Å². The number of nitrogens with zero attached hydrogens (tertiary/aromatic N) is 1. The van der Waals surface area contributed by atoms with Gasteiger partial charge in [0.05, 0.1) is 12.0 Å². The first-order chi connectivity index (χ1) is 12.6. The van der Waals surface area contributed by atoms with Gasteiger partial charge in [0.25, 0.3) is 0 Å². The number of carbonyl (C=O) groups is 1. The summed E-state index contributed by atoms with van der Waals surface area (Å²) in [6, 6.07) is 11.3. The number of amides is 1. The van der Waals surface area contributed by atoms with Gasteiger partial charge in [0.15, 0.2) is 0 Å². The zero-order chi connectivity index (χ0) is 18.6. The molecule has 2 fully saturated rings.